The Balaban J connectivity index is 1.87. The van der Waals surface area contributed by atoms with Gasteiger partial charge in [0.05, 0.1) is 0 Å². The molecule has 0 radical (unpaired) electrons. The molecule has 3 aliphatic rings. The maximum Gasteiger partial charge on any atom is 0.246 e. The molecule has 2 heterocycles. The summed E-state index contributed by atoms with van der Waals surface area (Å²) >= 11 is 1.86. The van der Waals surface area contributed by atoms with Crippen LogP contribution in [0.3, 0.4) is 0 Å². The molecule has 0 spiro atoms. The summed E-state index contributed by atoms with van der Waals surface area (Å²) in [5, 5.41) is 0. The molecular formula is C15H24N2O2S. The SMILES string of the molecule is CSC1(CN2C(=O)C3CCCN3C(=O)C2C(C)C)CC1. The second-order valence-electron chi connectivity index (χ2n) is 6.73. The highest BCUT2D eigenvalue weighted by atomic mass is 32.2. The van der Waals surface area contributed by atoms with E-state index in [-0.39, 0.29) is 34.6 Å². The van der Waals surface area contributed by atoms with E-state index in [1.54, 1.807) is 0 Å². The summed E-state index contributed by atoms with van der Waals surface area (Å²) in [6.07, 6.45) is 6.28. The van der Waals surface area contributed by atoms with E-state index in [1.807, 2.05) is 21.6 Å². The molecule has 4 nitrogen and oxygen atoms in total. The Morgan fingerprint density at radius 2 is 2.00 bits per heavy atom. The molecule has 112 valence electrons. The van der Waals surface area contributed by atoms with E-state index in [0.717, 1.165) is 25.9 Å². The first kappa shape index (κ1) is 14.2. The highest BCUT2D eigenvalue weighted by molar-refractivity contribution is 8.00. The number of fused-ring (bicyclic) bond motifs is 1. The van der Waals surface area contributed by atoms with E-state index in [1.165, 1.54) is 12.8 Å². The highest BCUT2D eigenvalue weighted by Gasteiger charge is 2.53. The largest absolute Gasteiger partial charge is 0.329 e. The molecule has 1 aliphatic carbocycles. The molecule has 0 N–H and O–H groups in total. The van der Waals surface area contributed by atoms with Crippen molar-refractivity contribution in [3.8, 4) is 0 Å². The lowest BCUT2D eigenvalue weighted by Gasteiger charge is -2.45. The van der Waals surface area contributed by atoms with Gasteiger partial charge in [-0.25, -0.2) is 0 Å². The topological polar surface area (TPSA) is 40.6 Å². The van der Waals surface area contributed by atoms with Gasteiger partial charge in [0.2, 0.25) is 11.8 Å². The number of hydrogen-bond donors (Lipinski definition) is 0. The molecule has 20 heavy (non-hydrogen) atoms. The summed E-state index contributed by atoms with van der Waals surface area (Å²) < 4.78 is 0.226. The molecule has 2 saturated heterocycles. The van der Waals surface area contributed by atoms with Gasteiger partial charge in [-0.05, 0) is 37.9 Å². The molecule has 0 aromatic carbocycles. The smallest absolute Gasteiger partial charge is 0.246 e. The molecular weight excluding hydrogens is 272 g/mol. The Morgan fingerprint density at radius 1 is 1.30 bits per heavy atom. The van der Waals surface area contributed by atoms with Crippen molar-refractivity contribution in [2.75, 3.05) is 19.3 Å². The monoisotopic (exact) mass is 296 g/mol. The summed E-state index contributed by atoms with van der Waals surface area (Å²) in [6, 6.07) is -0.420. The number of piperazine rings is 1. The molecule has 2 unspecified atom stereocenters. The van der Waals surface area contributed by atoms with Gasteiger partial charge in [-0.1, -0.05) is 13.8 Å². The van der Waals surface area contributed by atoms with Crippen LogP contribution in [0.15, 0.2) is 0 Å². The van der Waals surface area contributed by atoms with Gasteiger partial charge in [0.1, 0.15) is 12.1 Å². The van der Waals surface area contributed by atoms with Gasteiger partial charge in [0, 0.05) is 17.8 Å². The van der Waals surface area contributed by atoms with Crippen LogP contribution >= 0.6 is 11.8 Å². The first-order valence-corrected chi connectivity index (χ1v) is 8.88. The Morgan fingerprint density at radius 3 is 2.55 bits per heavy atom. The Labute approximate surface area is 125 Å². The summed E-state index contributed by atoms with van der Waals surface area (Å²) in [6.45, 7) is 5.63. The number of nitrogens with zero attached hydrogens (tertiary/aromatic N) is 2. The first-order chi connectivity index (χ1) is 9.49. The van der Waals surface area contributed by atoms with Crippen LogP contribution in [0.1, 0.15) is 39.5 Å². The zero-order valence-corrected chi connectivity index (χ0v) is 13.4. The Kier molecular flexibility index (Phi) is 3.51. The van der Waals surface area contributed by atoms with Crippen molar-refractivity contribution < 1.29 is 9.59 Å². The van der Waals surface area contributed by atoms with Crippen LogP contribution in [-0.2, 0) is 9.59 Å². The molecule has 5 heteroatoms. The fourth-order valence-electron chi connectivity index (χ4n) is 3.62. The molecule has 2 amide bonds. The first-order valence-electron chi connectivity index (χ1n) is 7.65. The predicted molar refractivity (Wildman–Crippen MR) is 80.6 cm³/mol. The molecule has 3 rings (SSSR count). The number of carbonyl (C=O) groups is 2. The summed E-state index contributed by atoms with van der Waals surface area (Å²) in [4.78, 5) is 29.3. The number of hydrogen-bond acceptors (Lipinski definition) is 3. The zero-order valence-electron chi connectivity index (χ0n) is 12.6. The van der Waals surface area contributed by atoms with Gasteiger partial charge in [0.25, 0.3) is 0 Å². The van der Waals surface area contributed by atoms with Crippen molar-refractivity contribution in [3.05, 3.63) is 0 Å². The maximum atomic E-state index is 12.8. The minimum absolute atomic E-state index is 0.171. The summed E-state index contributed by atoms with van der Waals surface area (Å²) in [5.74, 6) is 0.561. The highest BCUT2D eigenvalue weighted by Crippen LogP contribution is 2.48. The zero-order chi connectivity index (χ0) is 14.5. The van der Waals surface area contributed by atoms with E-state index in [0.29, 0.717) is 0 Å². The van der Waals surface area contributed by atoms with Crippen molar-refractivity contribution >= 4 is 23.6 Å². The Bertz CT molecular complexity index is 434. The predicted octanol–water partition coefficient (Wildman–Crippen LogP) is 1.74. The second-order valence-corrected chi connectivity index (χ2v) is 8.01. The molecule has 1 saturated carbocycles. The molecule has 0 bridgehead atoms. The molecule has 0 aromatic rings. The fourth-order valence-corrected chi connectivity index (χ4v) is 4.40. The molecule has 3 fully saturated rings. The van der Waals surface area contributed by atoms with E-state index < -0.39 is 0 Å². The van der Waals surface area contributed by atoms with Crippen LogP contribution in [0.25, 0.3) is 0 Å². The van der Waals surface area contributed by atoms with E-state index in [9.17, 15) is 9.59 Å². The van der Waals surface area contributed by atoms with Gasteiger partial charge < -0.3 is 9.80 Å². The lowest BCUT2D eigenvalue weighted by Crippen LogP contribution is -2.65. The van der Waals surface area contributed by atoms with Crippen LogP contribution in [-0.4, -0.2) is 57.8 Å². The minimum atomic E-state index is -0.249. The fraction of sp³-hybridized carbons (Fsp3) is 0.867. The normalized spacial score (nSPS) is 32.0. The number of amides is 2. The van der Waals surface area contributed by atoms with Crippen molar-refractivity contribution in [1.82, 2.24) is 9.80 Å². The van der Waals surface area contributed by atoms with Crippen molar-refractivity contribution in [1.29, 1.82) is 0 Å². The quantitative estimate of drug-likeness (QED) is 0.793. The van der Waals surface area contributed by atoms with Crippen LogP contribution in [0, 0.1) is 5.92 Å². The molecule has 2 aliphatic heterocycles. The second kappa shape index (κ2) is 4.93. The minimum Gasteiger partial charge on any atom is -0.329 e. The van der Waals surface area contributed by atoms with Gasteiger partial charge in [-0.2, -0.15) is 11.8 Å². The van der Waals surface area contributed by atoms with E-state index in [4.69, 9.17) is 0 Å². The van der Waals surface area contributed by atoms with Gasteiger partial charge in [0.15, 0.2) is 0 Å². The number of thioether (sulfide) groups is 1. The lowest BCUT2D eigenvalue weighted by molar-refractivity contribution is -0.161. The Hall–Kier alpha value is -0.710. The van der Waals surface area contributed by atoms with Crippen molar-refractivity contribution in [3.63, 3.8) is 0 Å². The summed E-state index contributed by atoms with van der Waals surface area (Å²) in [5.41, 5.74) is 0. The average molecular weight is 296 g/mol. The number of rotatable bonds is 4. The van der Waals surface area contributed by atoms with Crippen molar-refractivity contribution in [2.24, 2.45) is 5.92 Å². The molecule has 2 atom stereocenters. The van der Waals surface area contributed by atoms with Gasteiger partial charge >= 0.3 is 0 Å². The van der Waals surface area contributed by atoms with Crippen LogP contribution in [0.4, 0.5) is 0 Å². The summed E-state index contributed by atoms with van der Waals surface area (Å²) in [7, 11) is 0. The van der Waals surface area contributed by atoms with Crippen LogP contribution in [0.5, 0.6) is 0 Å². The van der Waals surface area contributed by atoms with Crippen molar-refractivity contribution in [2.45, 2.75) is 56.4 Å². The van der Waals surface area contributed by atoms with E-state index >= 15 is 0 Å². The lowest BCUT2D eigenvalue weighted by atomic mass is 9.95. The standard InChI is InChI=1S/C15H24N2O2S/c1-10(2)12-14(19)16-8-4-5-11(16)13(18)17(12)9-15(20-3)6-7-15/h10-12H,4-9H2,1-3H3. The van der Waals surface area contributed by atoms with Gasteiger partial charge in [-0.15, -0.1) is 0 Å². The third kappa shape index (κ3) is 2.14. The van der Waals surface area contributed by atoms with E-state index in [2.05, 4.69) is 20.1 Å². The third-order valence-corrected chi connectivity index (χ3v) is 6.43. The van der Waals surface area contributed by atoms with Crippen LogP contribution in [0.2, 0.25) is 0 Å². The van der Waals surface area contributed by atoms with Crippen LogP contribution < -0.4 is 0 Å². The van der Waals surface area contributed by atoms with Gasteiger partial charge in [-0.3, -0.25) is 9.59 Å². The third-order valence-electron chi connectivity index (χ3n) is 5.02. The average Bonchev–Trinajstić information content (AvgIpc) is 3.00. The number of carbonyl (C=O) groups excluding carboxylic acids is 2. The molecule has 0 aromatic heterocycles. The maximum absolute atomic E-state index is 12.8.